The molecule has 0 atom stereocenters. The minimum absolute atomic E-state index is 0.0206. The Kier molecular flexibility index (Phi) is 4.47. The Morgan fingerprint density at radius 3 is 2.42 bits per heavy atom. The van der Waals surface area contributed by atoms with Crippen LogP contribution in [0.15, 0.2) is 59.1 Å². The van der Waals surface area contributed by atoms with E-state index < -0.39 is 0 Å². The predicted octanol–water partition coefficient (Wildman–Crippen LogP) is 4.23. The summed E-state index contributed by atoms with van der Waals surface area (Å²) in [5.41, 5.74) is 4.59. The van der Waals surface area contributed by atoms with Crippen molar-refractivity contribution < 1.29 is 9.32 Å². The van der Waals surface area contributed by atoms with Crippen LogP contribution in [0.4, 0.5) is 0 Å². The lowest BCUT2D eigenvalue weighted by Crippen LogP contribution is -2.26. The lowest BCUT2D eigenvalue weighted by atomic mass is 10.0. The Labute approximate surface area is 141 Å². The number of aromatic nitrogens is 1. The van der Waals surface area contributed by atoms with Gasteiger partial charge in [-0.2, -0.15) is 0 Å². The van der Waals surface area contributed by atoms with E-state index in [9.17, 15) is 4.79 Å². The van der Waals surface area contributed by atoms with Crippen LogP contribution in [-0.4, -0.2) is 23.0 Å². The molecule has 0 saturated carbocycles. The monoisotopic (exact) mass is 320 g/mol. The minimum Gasteiger partial charge on any atom is -0.361 e. The van der Waals surface area contributed by atoms with Gasteiger partial charge in [-0.25, -0.2) is 0 Å². The minimum atomic E-state index is -0.0206. The summed E-state index contributed by atoms with van der Waals surface area (Å²) in [6.07, 6.45) is 0. The Hall–Kier alpha value is -2.88. The summed E-state index contributed by atoms with van der Waals surface area (Å²) in [7, 11) is 1.80. The molecule has 122 valence electrons. The highest BCUT2D eigenvalue weighted by molar-refractivity contribution is 5.95. The number of amides is 1. The smallest absolute Gasteiger partial charge is 0.253 e. The molecule has 2 aromatic carbocycles. The van der Waals surface area contributed by atoms with Gasteiger partial charge in [0.15, 0.2) is 0 Å². The zero-order valence-electron chi connectivity index (χ0n) is 14.1. The molecule has 0 saturated heterocycles. The number of carbonyl (C=O) groups excluding carboxylic acids is 1. The van der Waals surface area contributed by atoms with E-state index in [0.717, 1.165) is 28.1 Å². The van der Waals surface area contributed by atoms with Crippen molar-refractivity contribution in [1.82, 2.24) is 10.1 Å². The van der Waals surface area contributed by atoms with Gasteiger partial charge in [0, 0.05) is 18.2 Å². The fourth-order valence-electron chi connectivity index (χ4n) is 2.72. The second-order valence-electron chi connectivity index (χ2n) is 5.91. The summed E-state index contributed by atoms with van der Waals surface area (Å²) in [6, 6.07) is 17.8. The van der Waals surface area contributed by atoms with Crippen LogP contribution in [0.5, 0.6) is 0 Å². The first-order valence-corrected chi connectivity index (χ1v) is 7.89. The Bertz CT molecular complexity index is 834. The van der Waals surface area contributed by atoms with Crippen LogP contribution in [0.1, 0.15) is 27.4 Å². The van der Waals surface area contributed by atoms with Crippen molar-refractivity contribution in [3.63, 3.8) is 0 Å². The van der Waals surface area contributed by atoms with E-state index in [1.54, 1.807) is 11.9 Å². The van der Waals surface area contributed by atoms with Crippen LogP contribution in [0.3, 0.4) is 0 Å². The van der Waals surface area contributed by atoms with Gasteiger partial charge in [0.2, 0.25) is 0 Å². The van der Waals surface area contributed by atoms with Crippen molar-refractivity contribution in [3.05, 3.63) is 77.2 Å². The maximum Gasteiger partial charge on any atom is 0.253 e. The number of nitrogens with zero attached hydrogens (tertiary/aromatic N) is 2. The maximum absolute atomic E-state index is 12.8. The molecule has 4 heteroatoms. The second-order valence-corrected chi connectivity index (χ2v) is 5.91. The highest BCUT2D eigenvalue weighted by atomic mass is 16.5. The Balaban J connectivity index is 1.82. The topological polar surface area (TPSA) is 46.3 Å². The second kappa shape index (κ2) is 6.71. The van der Waals surface area contributed by atoms with Gasteiger partial charge in [0.25, 0.3) is 5.91 Å². The maximum atomic E-state index is 12.8. The van der Waals surface area contributed by atoms with Gasteiger partial charge in [-0.05, 0) is 37.1 Å². The first-order valence-electron chi connectivity index (χ1n) is 7.89. The van der Waals surface area contributed by atoms with E-state index >= 15 is 0 Å². The normalized spacial score (nSPS) is 10.6. The summed E-state index contributed by atoms with van der Waals surface area (Å²) >= 11 is 0. The van der Waals surface area contributed by atoms with Gasteiger partial charge in [0.1, 0.15) is 5.76 Å². The van der Waals surface area contributed by atoms with E-state index in [1.807, 2.05) is 68.4 Å². The first kappa shape index (κ1) is 16.0. The number of carbonyl (C=O) groups is 1. The van der Waals surface area contributed by atoms with Crippen LogP contribution in [0.2, 0.25) is 0 Å². The van der Waals surface area contributed by atoms with Crippen molar-refractivity contribution in [1.29, 1.82) is 0 Å². The number of hydrogen-bond acceptors (Lipinski definition) is 3. The van der Waals surface area contributed by atoms with Crippen molar-refractivity contribution in [2.75, 3.05) is 7.05 Å². The molecule has 24 heavy (non-hydrogen) atoms. The molecule has 3 aromatic rings. The van der Waals surface area contributed by atoms with Crippen LogP contribution >= 0.6 is 0 Å². The molecule has 0 spiro atoms. The van der Waals surface area contributed by atoms with Crippen LogP contribution < -0.4 is 0 Å². The fourth-order valence-corrected chi connectivity index (χ4v) is 2.72. The third-order valence-electron chi connectivity index (χ3n) is 4.14. The molecule has 3 rings (SSSR count). The summed E-state index contributed by atoms with van der Waals surface area (Å²) in [5.74, 6) is 0.734. The van der Waals surface area contributed by atoms with E-state index in [-0.39, 0.29) is 5.91 Å². The molecule has 0 aliphatic carbocycles. The highest BCUT2D eigenvalue weighted by Gasteiger charge is 2.17. The zero-order valence-corrected chi connectivity index (χ0v) is 14.1. The molecule has 1 aromatic heterocycles. The van der Waals surface area contributed by atoms with Gasteiger partial charge in [-0.3, -0.25) is 4.79 Å². The number of hydrogen-bond donors (Lipinski definition) is 0. The molecule has 0 radical (unpaired) electrons. The molecule has 4 nitrogen and oxygen atoms in total. The predicted molar refractivity (Wildman–Crippen MR) is 93.7 cm³/mol. The van der Waals surface area contributed by atoms with Crippen LogP contribution in [-0.2, 0) is 6.54 Å². The van der Waals surface area contributed by atoms with Crippen molar-refractivity contribution in [3.8, 4) is 11.1 Å². The number of rotatable bonds is 4. The lowest BCUT2D eigenvalue weighted by molar-refractivity contribution is 0.0784. The largest absolute Gasteiger partial charge is 0.361 e. The van der Waals surface area contributed by atoms with E-state index in [4.69, 9.17) is 4.52 Å². The van der Waals surface area contributed by atoms with Crippen molar-refractivity contribution >= 4 is 5.91 Å². The zero-order chi connectivity index (χ0) is 17.1. The first-order chi connectivity index (χ1) is 11.6. The third kappa shape index (κ3) is 3.23. The van der Waals surface area contributed by atoms with E-state index in [1.165, 1.54) is 0 Å². The number of benzene rings is 2. The van der Waals surface area contributed by atoms with Gasteiger partial charge in [0.05, 0.1) is 12.2 Å². The molecule has 0 aliphatic heterocycles. The molecular weight excluding hydrogens is 300 g/mol. The lowest BCUT2D eigenvalue weighted by Gasteiger charge is -2.17. The van der Waals surface area contributed by atoms with E-state index in [2.05, 4.69) is 5.16 Å². The molecule has 0 unspecified atom stereocenters. The molecule has 0 aliphatic rings. The quantitative estimate of drug-likeness (QED) is 0.722. The SMILES string of the molecule is Cc1noc(C)c1CN(C)C(=O)c1cccc(-c2ccccc2)c1. The summed E-state index contributed by atoms with van der Waals surface area (Å²) < 4.78 is 5.17. The molecule has 0 fully saturated rings. The fraction of sp³-hybridized carbons (Fsp3) is 0.200. The van der Waals surface area contributed by atoms with Gasteiger partial charge in [-0.15, -0.1) is 0 Å². The Morgan fingerprint density at radius 1 is 1.04 bits per heavy atom. The van der Waals surface area contributed by atoms with Crippen LogP contribution in [0, 0.1) is 13.8 Å². The van der Waals surface area contributed by atoms with Gasteiger partial charge in [-0.1, -0.05) is 47.6 Å². The van der Waals surface area contributed by atoms with Gasteiger partial charge >= 0.3 is 0 Å². The molecule has 0 bridgehead atoms. The summed E-state index contributed by atoms with van der Waals surface area (Å²) in [6.45, 7) is 4.24. The standard InChI is InChI=1S/C20H20N2O2/c1-14-19(15(2)24-21-14)13-22(3)20(23)18-11-7-10-17(12-18)16-8-5-4-6-9-16/h4-12H,13H2,1-3H3. The average Bonchev–Trinajstić information content (AvgIpc) is 2.94. The van der Waals surface area contributed by atoms with Crippen LogP contribution in [0.25, 0.3) is 11.1 Å². The third-order valence-corrected chi connectivity index (χ3v) is 4.14. The highest BCUT2D eigenvalue weighted by Crippen LogP contribution is 2.21. The molecule has 1 amide bonds. The summed E-state index contributed by atoms with van der Waals surface area (Å²) in [4.78, 5) is 14.4. The molecule has 0 N–H and O–H groups in total. The Morgan fingerprint density at radius 2 is 1.75 bits per heavy atom. The van der Waals surface area contributed by atoms with Crippen molar-refractivity contribution in [2.24, 2.45) is 0 Å². The summed E-state index contributed by atoms with van der Waals surface area (Å²) in [5, 5.41) is 3.94. The van der Waals surface area contributed by atoms with Crippen molar-refractivity contribution in [2.45, 2.75) is 20.4 Å². The molecule has 1 heterocycles. The van der Waals surface area contributed by atoms with Gasteiger partial charge < -0.3 is 9.42 Å². The average molecular weight is 320 g/mol. The molecular formula is C20H20N2O2. The van der Waals surface area contributed by atoms with E-state index in [0.29, 0.717) is 12.1 Å². The number of aryl methyl sites for hydroxylation is 2.